The highest BCUT2D eigenvalue weighted by molar-refractivity contribution is 5.71. The molecular weight excluding hydrogens is 242 g/mol. The van der Waals surface area contributed by atoms with Crippen molar-refractivity contribution in [3.8, 4) is 5.75 Å². The number of nitrogen functional groups attached to an aromatic ring is 1. The Morgan fingerprint density at radius 1 is 1.26 bits per heavy atom. The molecule has 1 aromatic carbocycles. The van der Waals surface area contributed by atoms with E-state index >= 15 is 0 Å². The number of aryl methyl sites for hydroxylation is 1. The summed E-state index contributed by atoms with van der Waals surface area (Å²) in [6.07, 6.45) is 1.55. The molecule has 0 atom stereocenters. The predicted molar refractivity (Wildman–Crippen MR) is 71.7 cm³/mol. The van der Waals surface area contributed by atoms with Crippen LogP contribution < -0.4 is 10.5 Å². The maximum atomic E-state index is 5.63. The van der Waals surface area contributed by atoms with E-state index in [4.69, 9.17) is 14.9 Å². The molecule has 0 radical (unpaired) electrons. The van der Waals surface area contributed by atoms with E-state index in [0.717, 1.165) is 5.75 Å². The second kappa shape index (κ2) is 4.61. The molecule has 0 fully saturated rings. The third-order valence-electron chi connectivity index (χ3n) is 2.70. The van der Waals surface area contributed by atoms with Crippen molar-refractivity contribution in [2.45, 2.75) is 13.5 Å². The van der Waals surface area contributed by atoms with Crippen molar-refractivity contribution in [1.82, 2.24) is 9.97 Å². The summed E-state index contributed by atoms with van der Waals surface area (Å²) in [7, 11) is 0. The molecule has 5 heteroatoms. The number of anilines is 1. The summed E-state index contributed by atoms with van der Waals surface area (Å²) < 4.78 is 11.1. The van der Waals surface area contributed by atoms with Gasteiger partial charge in [-0.1, -0.05) is 17.7 Å². The Bertz CT molecular complexity index is 704. The Morgan fingerprint density at radius 3 is 2.84 bits per heavy atom. The number of nitrogens with two attached hydrogens (primary N) is 1. The maximum Gasteiger partial charge on any atom is 0.235 e. The molecule has 96 valence electrons. The molecule has 0 aliphatic rings. The fourth-order valence-electron chi connectivity index (χ4n) is 1.72. The number of oxazole rings is 1. The molecule has 19 heavy (non-hydrogen) atoms. The molecular formula is C14H13N3O2. The number of hydrogen-bond acceptors (Lipinski definition) is 5. The SMILES string of the molecule is Cc1ccc(OCc2nc3ncc(N)cc3o2)cc1. The summed E-state index contributed by atoms with van der Waals surface area (Å²) in [4.78, 5) is 8.31. The van der Waals surface area contributed by atoms with E-state index in [1.807, 2.05) is 31.2 Å². The van der Waals surface area contributed by atoms with Crippen LogP contribution in [0.1, 0.15) is 11.5 Å². The lowest BCUT2D eigenvalue weighted by molar-refractivity contribution is 0.267. The van der Waals surface area contributed by atoms with E-state index < -0.39 is 0 Å². The first kappa shape index (κ1) is 11.5. The molecule has 5 nitrogen and oxygen atoms in total. The molecule has 0 spiro atoms. The van der Waals surface area contributed by atoms with Gasteiger partial charge in [-0.3, -0.25) is 0 Å². The summed E-state index contributed by atoms with van der Waals surface area (Å²) >= 11 is 0. The summed E-state index contributed by atoms with van der Waals surface area (Å²) in [5.74, 6) is 1.26. The third-order valence-corrected chi connectivity index (χ3v) is 2.70. The zero-order valence-corrected chi connectivity index (χ0v) is 10.5. The molecule has 3 rings (SSSR count). The number of ether oxygens (including phenoxy) is 1. The zero-order chi connectivity index (χ0) is 13.2. The number of aromatic nitrogens is 2. The van der Waals surface area contributed by atoms with Crippen LogP contribution in [0.15, 0.2) is 40.9 Å². The number of fused-ring (bicyclic) bond motifs is 1. The first-order chi connectivity index (χ1) is 9.20. The molecule has 0 unspecified atom stereocenters. The van der Waals surface area contributed by atoms with Crippen molar-refractivity contribution in [3.63, 3.8) is 0 Å². The number of benzene rings is 1. The molecule has 0 bridgehead atoms. The normalized spacial score (nSPS) is 10.8. The minimum Gasteiger partial charge on any atom is -0.484 e. The summed E-state index contributed by atoms with van der Waals surface area (Å²) in [5, 5.41) is 0. The predicted octanol–water partition coefficient (Wildman–Crippen LogP) is 2.69. The van der Waals surface area contributed by atoms with Gasteiger partial charge in [0.2, 0.25) is 5.89 Å². The van der Waals surface area contributed by atoms with E-state index in [0.29, 0.717) is 22.8 Å². The largest absolute Gasteiger partial charge is 0.484 e. The standard InChI is InChI=1S/C14H13N3O2/c1-9-2-4-11(5-3-9)18-8-13-17-14-12(19-13)6-10(15)7-16-14/h2-7H,8,15H2,1H3. The lowest BCUT2D eigenvalue weighted by atomic mass is 10.2. The van der Waals surface area contributed by atoms with Gasteiger partial charge in [0.05, 0.1) is 11.9 Å². The van der Waals surface area contributed by atoms with Gasteiger partial charge in [0.25, 0.3) is 0 Å². The van der Waals surface area contributed by atoms with Crippen molar-refractivity contribution in [1.29, 1.82) is 0 Å². The second-order valence-corrected chi connectivity index (χ2v) is 4.30. The van der Waals surface area contributed by atoms with Crippen molar-refractivity contribution in [2.24, 2.45) is 0 Å². The number of nitrogens with zero attached hydrogens (tertiary/aromatic N) is 2. The Balaban J connectivity index is 1.76. The molecule has 0 aliphatic carbocycles. The topological polar surface area (TPSA) is 74.2 Å². The first-order valence-electron chi connectivity index (χ1n) is 5.91. The number of rotatable bonds is 3. The number of pyridine rings is 1. The highest BCUT2D eigenvalue weighted by Gasteiger charge is 2.07. The van der Waals surface area contributed by atoms with E-state index in [1.54, 1.807) is 12.3 Å². The minimum absolute atomic E-state index is 0.263. The van der Waals surface area contributed by atoms with E-state index in [1.165, 1.54) is 5.56 Å². The van der Waals surface area contributed by atoms with E-state index in [2.05, 4.69) is 9.97 Å². The van der Waals surface area contributed by atoms with Crippen molar-refractivity contribution in [3.05, 3.63) is 48.0 Å². The van der Waals surface area contributed by atoms with Crippen LogP contribution in [0.25, 0.3) is 11.2 Å². The molecule has 2 N–H and O–H groups in total. The van der Waals surface area contributed by atoms with Crippen LogP contribution in [0.2, 0.25) is 0 Å². The highest BCUT2D eigenvalue weighted by Crippen LogP contribution is 2.18. The van der Waals surface area contributed by atoms with Crippen LogP contribution in [-0.4, -0.2) is 9.97 Å². The maximum absolute atomic E-state index is 5.63. The summed E-state index contributed by atoms with van der Waals surface area (Å²) in [6, 6.07) is 9.50. The van der Waals surface area contributed by atoms with Crippen LogP contribution >= 0.6 is 0 Å². The molecule has 2 heterocycles. The fourth-order valence-corrected chi connectivity index (χ4v) is 1.72. The lowest BCUT2D eigenvalue weighted by Gasteiger charge is -2.02. The number of hydrogen-bond donors (Lipinski definition) is 1. The summed E-state index contributed by atoms with van der Waals surface area (Å²) in [6.45, 7) is 2.29. The van der Waals surface area contributed by atoms with Crippen molar-refractivity contribution in [2.75, 3.05) is 5.73 Å². The minimum atomic E-state index is 0.263. The molecule has 0 saturated heterocycles. The fraction of sp³-hybridized carbons (Fsp3) is 0.143. The summed E-state index contributed by atoms with van der Waals surface area (Å²) in [5.41, 5.74) is 8.48. The average Bonchev–Trinajstić information content (AvgIpc) is 2.80. The van der Waals surface area contributed by atoms with E-state index in [9.17, 15) is 0 Å². The van der Waals surface area contributed by atoms with Gasteiger partial charge in [-0.15, -0.1) is 0 Å². The first-order valence-corrected chi connectivity index (χ1v) is 5.91. The zero-order valence-electron chi connectivity index (χ0n) is 10.5. The second-order valence-electron chi connectivity index (χ2n) is 4.30. The smallest absolute Gasteiger partial charge is 0.235 e. The Hall–Kier alpha value is -2.56. The van der Waals surface area contributed by atoms with Crippen LogP contribution in [0.5, 0.6) is 5.75 Å². The Morgan fingerprint density at radius 2 is 2.05 bits per heavy atom. The molecule has 0 aliphatic heterocycles. The van der Waals surface area contributed by atoms with Gasteiger partial charge in [-0.25, -0.2) is 4.98 Å². The van der Waals surface area contributed by atoms with Crippen molar-refractivity contribution < 1.29 is 9.15 Å². The van der Waals surface area contributed by atoms with Gasteiger partial charge in [0.15, 0.2) is 17.8 Å². The van der Waals surface area contributed by atoms with Gasteiger partial charge in [-0.05, 0) is 19.1 Å². The molecule has 3 aromatic rings. The van der Waals surface area contributed by atoms with Crippen LogP contribution in [0.4, 0.5) is 5.69 Å². The molecule has 2 aromatic heterocycles. The average molecular weight is 255 g/mol. The van der Waals surface area contributed by atoms with Gasteiger partial charge < -0.3 is 14.9 Å². The van der Waals surface area contributed by atoms with Crippen LogP contribution in [0.3, 0.4) is 0 Å². The molecule has 0 saturated carbocycles. The van der Waals surface area contributed by atoms with Crippen LogP contribution in [-0.2, 0) is 6.61 Å². The van der Waals surface area contributed by atoms with Gasteiger partial charge in [-0.2, -0.15) is 4.98 Å². The Kier molecular flexibility index (Phi) is 2.79. The van der Waals surface area contributed by atoms with Gasteiger partial charge >= 0.3 is 0 Å². The highest BCUT2D eigenvalue weighted by atomic mass is 16.5. The molecule has 0 amide bonds. The van der Waals surface area contributed by atoms with E-state index in [-0.39, 0.29) is 6.61 Å². The van der Waals surface area contributed by atoms with Gasteiger partial charge in [0.1, 0.15) is 5.75 Å². The Labute approximate surface area is 110 Å². The third kappa shape index (κ3) is 2.49. The van der Waals surface area contributed by atoms with Crippen molar-refractivity contribution >= 4 is 16.9 Å². The van der Waals surface area contributed by atoms with Gasteiger partial charge in [0, 0.05) is 6.07 Å². The lowest BCUT2D eigenvalue weighted by Crippen LogP contribution is -1.95. The monoisotopic (exact) mass is 255 g/mol. The quantitative estimate of drug-likeness (QED) is 0.778. The van der Waals surface area contributed by atoms with Crippen LogP contribution in [0, 0.1) is 6.92 Å².